The minimum Gasteiger partial charge on any atom is -0.386 e. The third-order valence-electron chi connectivity index (χ3n) is 0.954. The number of carbonyl (C=O) groups is 1. The predicted octanol–water partition coefficient (Wildman–Crippen LogP) is 0.303. The van der Waals surface area contributed by atoms with Crippen LogP contribution in [0.1, 0.15) is 13.8 Å². The quantitative estimate of drug-likeness (QED) is 0.364. The van der Waals surface area contributed by atoms with Gasteiger partial charge in [0.15, 0.2) is 1.41 Å². The summed E-state index contributed by atoms with van der Waals surface area (Å²) in [6.07, 6.45) is 0.905. The third kappa shape index (κ3) is 3.34. The summed E-state index contributed by atoms with van der Waals surface area (Å²) < 4.78 is 7.04. The topological polar surface area (TPSA) is 72.2 Å². The van der Waals surface area contributed by atoms with Crippen molar-refractivity contribution in [1.82, 2.24) is 5.31 Å². The Morgan fingerprint density at radius 3 is 2.73 bits per heavy atom. The van der Waals surface area contributed by atoms with Crippen LogP contribution in [0.2, 0.25) is 1.41 Å². The van der Waals surface area contributed by atoms with Gasteiger partial charge in [-0.2, -0.15) is 0 Å². The number of nitro groups is 1. The van der Waals surface area contributed by atoms with Gasteiger partial charge >= 0.3 is 5.70 Å². The van der Waals surface area contributed by atoms with Crippen LogP contribution in [-0.4, -0.2) is 17.3 Å². The summed E-state index contributed by atoms with van der Waals surface area (Å²) in [5.41, 5.74) is -0.563. The first-order valence-corrected chi connectivity index (χ1v) is 3.11. The molecule has 0 heterocycles. The molecule has 0 saturated carbocycles. The molecule has 0 aliphatic rings. The number of allylic oxidation sites excluding steroid dienone is 1. The van der Waals surface area contributed by atoms with Crippen molar-refractivity contribution in [3.05, 3.63) is 22.0 Å². The highest BCUT2D eigenvalue weighted by molar-refractivity contribution is 5.90. The molecule has 1 N–H and O–H groups in total. The second-order valence-electron chi connectivity index (χ2n) is 1.83. The lowest BCUT2D eigenvalue weighted by Crippen LogP contribution is -2.13. The zero-order chi connectivity index (χ0) is 9.72. The summed E-state index contributed by atoms with van der Waals surface area (Å²) >= 11 is 0. The molecule has 0 radical (unpaired) electrons. The number of Topliss-reactive ketones (excluding diaryl/α,β-unsaturated/α-hetero) is 1. The van der Waals surface area contributed by atoms with Gasteiger partial charge in [-0.25, -0.2) is 0 Å². The van der Waals surface area contributed by atoms with Crippen LogP contribution in [-0.2, 0) is 4.79 Å². The summed E-state index contributed by atoms with van der Waals surface area (Å²) in [5.74, 6) is -0.647. The molecule has 0 amide bonds. The van der Waals surface area contributed by atoms with Crippen molar-refractivity contribution in [2.75, 3.05) is 6.54 Å². The van der Waals surface area contributed by atoms with E-state index >= 15 is 0 Å². The van der Waals surface area contributed by atoms with E-state index < -0.39 is 16.4 Å². The van der Waals surface area contributed by atoms with Gasteiger partial charge in [0.25, 0.3) is 0 Å². The SMILES string of the molecule is [2H]N(/C=C(\C(C)=O)[N+](=O)[O-])CC. The fraction of sp³-hybridized carbons (Fsp3) is 0.500. The normalized spacial score (nSPS) is 12.2. The highest BCUT2D eigenvalue weighted by atomic mass is 16.6. The second-order valence-corrected chi connectivity index (χ2v) is 1.83. The molecule has 0 aliphatic heterocycles. The fourth-order valence-electron chi connectivity index (χ4n) is 0.444. The third-order valence-corrected chi connectivity index (χ3v) is 0.954. The summed E-state index contributed by atoms with van der Waals surface area (Å²) in [6.45, 7) is 3.05. The minimum atomic E-state index is -0.792. The van der Waals surface area contributed by atoms with Gasteiger partial charge in [-0.05, 0) is 6.92 Å². The van der Waals surface area contributed by atoms with Crippen LogP contribution >= 0.6 is 0 Å². The smallest absolute Gasteiger partial charge is 0.327 e. The van der Waals surface area contributed by atoms with Crippen molar-refractivity contribution < 1.29 is 11.1 Å². The molecule has 0 atom stereocenters. The van der Waals surface area contributed by atoms with Crippen molar-refractivity contribution in [3.8, 4) is 0 Å². The highest BCUT2D eigenvalue weighted by Crippen LogP contribution is 1.94. The molecule has 0 aliphatic carbocycles. The zero-order valence-corrected chi connectivity index (χ0v) is 6.40. The van der Waals surface area contributed by atoms with Gasteiger partial charge in [-0.3, -0.25) is 14.9 Å². The van der Waals surface area contributed by atoms with Gasteiger partial charge in [0.1, 0.15) is 0 Å². The molecular weight excluding hydrogens is 148 g/mol. The Bertz CT molecular complexity index is 211. The number of carbonyl (C=O) groups excluding carboxylic acids is 1. The van der Waals surface area contributed by atoms with Crippen LogP contribution in [0.5, 0.6) is 0 Å². The largest absolute Gasteiger partial charge is 0.386 e. The summed E-state index contributed by atoms with van der Waals surface area (Å²) in [5, 5.41) is 11.0. The first-order chi connectivity index (χ1) is 5.49. The van der Waals surface area contributed by atoms with E-state index in [0.717, 1.165) is 18.4 Å². The van der Waals surface area contributed by atoms with Crippen molar-refractivity contribution in [1.29, 1.82) is 0 Å². The fourth-order valence-corrected chi connectivity index (χ4v) is 0.444. The lowest BCUT2D eigenvalue weighted by atomic mass is 10.3. The number of nitrogens with zero attached hydrogens (tertiary/aromatic N) is 1. The van der Waals surface area contributed by atoms with E-state index in [2.05, 4.69) is 0 Å². The van der Waals surface area contributed by atoms with Crippen LogP contribution in [0.4, 0.5) is 0 Å². The van der Waals surface area contributed by atoms with E-state index in [9.17, 15) is 14.9 Å². The molecule has 0 unspecified atom stereocenters. The highest BCUT2D eigenvalue weighted by Gasteiger charge is 2.15. The molecule has 0 rings (SSSR count). The Kier molecular flexibility index (Phi) is 3.11. The Labute approximate surface area is 65.7 Å². The summed E-state index contributed by atoms with van der Waals surface area (Å²) in [4.78, 5) is 20.0. The average Bonchev–Trinajstić information content (AvgIpc) is 1.98. The maximum absolute atomic E-state index is 10.6. The first-order valence-electron chi connectivity index (χ1n) is 3.56. The number of ketones is 1. The number of hydrogen-bond acceptors (Lipinski definition) is 4. The molecule has 0 aromatic heterocycles. The van der Waals surface area contributed by atoms with Crippen LogP contribution in [0.3, 0.4) is 0 Å². The monoisotopic (exact) mass is 159 g/mol. The van der Waals surface area contributed by atoms with E-state index in [1.54, 1.807) is 6.92 Å². The standard InChI is InChI=1S/C6H10N2O3/c1-3-7-4-6(5(2)9)8(10)11/h4,7H,3H2,1-2H3/b6-4+/i/hD. The zero-order valence-electron chi connectivity index (χ0n) is 7.40. The van der Waals surface area contributed by atoms with Crippen LogP contribution in [0, 0.1) is 10.1 Å². The maximum atomic E-state index is 10.6. The number of hydrogen-bond donors (Lipinski definition) is 1. The number of rotatable bonds is 4. The molecule has 0 saturated heterocycles. The van der Waals surface area contributed by atoms with Crippen molar-refractivity contribution in [2.45, 2.75) is 13.8 Å². The van der Waals surface area contributed by atoms with Crippen LogP contribution < -0.4 is 5.31 Å². The second kappa shape index (κ2) is 4.43. The summed E-state index contributed by atoms with van der Waals surface area (Å²) in [7, 11) is 0. The van der Waals surface area contributed by atoms with Gasteiger partial charge in [-0.1, -0.05) is 0 Å². The Morgan fingerprint density at radius 1 is 1.91 bits per heavy atom. The van der Waals surface area contributed by atoms with Gasteiger partial charge in [-0.15, -0.1) is 0 Å². The van der Waals surface area contributed by atoms with E-state index in [-0.39, 0.29) is 0 Å². The molecule has 0 fully saturated rings. The maximum Gasteiger partial charge on any atom is 0.327 e. The summed E-state index contributed by atoms with van der Waals surface area (Å²) in [6, 6.07) is 0. The lowest BCUT2D eigenvalue weighted by Gasteiger charge is -1.93. The van der Waals surface area contributed by atoms with Crippen LogP contribution in [0.15, 0.2) is 11.9 Å². The van der Waals surface area contributed by atoms with Gasteiger partial charge < -0.3 is 5.31 Å². The Morgan fingerprint density at radius 2 is 2.45 bits per heavy atom. The first kappa shape index (κ1) is 7.71. The minimum absolute atomic E-state index is 0.296. The van der Waals surface area contributed by atoms with Gasteiger partial charge in [0.05, 0.1) is 11.1 Å². The molecular formula is C6H10N2O3. The van der Waals surface area contributed by atoms with Crippen molar-refractivity contribution in [2.24, 2.45) is 0 Å². The Balaban J connectivity index is 4.61. The van der Waals surface area contributed by atoms with Gasteiger partial charge in [0.2, 0.25) is 5.78 Å². The molecule has 0 aromatic carbocycles. The molecule has 11 heavy (non-hydrogen) atoms. The average molecular weight is 159 g/mol. The van der Waals surface area contributed by atoms with E-state index in [4.69, 9.17) is 1.41 Å². The van der Waals surface area contributed by atoms with Gasteiger partial charge in [0, 0.05) is 13.5 Å². The van der Waals surface area contributed by atoms with E-state index in [1.807, 2.05) is 0 Å². The lowest BCUT2D eigenvalue weighted by molar-refractivity contribution is -0.419. The van der Waals surface area contributed by atoms with Crippen molar-refractivity contribution >= 4 is 5.78 Å². The predicted molar refractivity (Wildman–Crippen MR) is 39.4 cm³/mol. The van der Waals surface area contributed by atoms with E-state index in [1.165, 1.54) is 0 Å². The van der Waals surface area contributed by atoms with E-state index in [0.29, 0.717) is 6.54 Å². The molecule has 0 bridgehead atoms. The number of nitrogens with one attached hydrogen (secondary N) is 1. The molecule has 5 heteroatoms. The molecule has 0 spiro atoms. The Hall–Kier alpha value is -1.39. The van der Waals surface area contributed by atoms with Crippen LogP contribution in [0.25, 0.3) is 0 Å². The van der Waals surface area contributed by atoms with Crippen molar-refractivity contribution in [3.63, 3.8) is 0 Å². The molecule has 0 aromatic rings. The molecule has 5 nitrogen and oxygen atoms in total. The molecule has 62 valence electrons.